The van der Waals surface area contributed by atoms with Gasteiger partial charge in [0.15, 0.2) is 0 Å². The Morgan fingerprint density at radius 3 is 0.167 bits per heavy atom. The van der Waals surface area contributed by atoms with Gasteiger partial charge in [-0.15, -0.1) is 0 Å². The standard InChI is InChI=1S/6Ce. The first-order valence-electron chi connectivity index (χ1n) is 0. The molecule has 0 radical (unpaired) electrons. The Kier molecular flexibility index (Phi) is 179. The van der Waals surface area contributed by atoms with E-state index < -0.39 is 0 Å². The second kappa shape index (κ2) is 29.2. The van der Waals surface area contributed by atoms with Crippen LogP contribution in [0.15, 0.2) is 0 Å². The van der Waals surface area contributed by atoms with Crippen molar-refractivity contribution in [1.29, 1.82) is 0 Å². The van der Waals surface area contributed by atoms with E-state index in [9.17, 15) is 0 Å². The molecule has 0 N–H and O–H groups in total. The Morgan fingerprint density at radius 2 is 0.167 bits per heavy atom. The first-order valence-corrected chi connectivity index (χ1v) is 0. The summed E-state index contributed by atoms with van der Waals surface area (Å²) in [6, 6.07) is 0. The predicted octanol–water partition coefficient (Wildman–Crippen LogP) is 0. The first kappa shape index (κ1) is 36.7. The molecule has 0 heterocycles. The van der Waals surface area contributed by atoms with Gasteiger partial charge in [0.1, 0.15) is 0 Å². The van der Waals surface area contributed by atoms with Gasteiger partial charge in [0.2, 0.25) is 0 Å². The number of hydrogen-bond donors (Lipinski definition) is 0. The van der Waals surface area contributed by atoms with Crippen molar-refractivity contribution in [3.05, 3.63) is 0 Å². The summed E-state index contributed by atoms with van der Waals surface area (Å²) in [5.41, 5.74) is 0. The van der Waals surface area contributed by atoms with E-state index in [4.69, 9.17) is 0 Å². The third-order valence-electron chi connectivity index (χ3n) is 0. The summed E-state index contributed by atoms with van der Waals surface area (Å²) in [6.45, 7) is 0. The van der Waals surface area contributed by atoms with Crippen LogP contribution >= 0.6 is 0 Å². The van der Waals surface area contributed by atoms with Gasteiger partial charge in [-0.25, -0.2) is 0 Å². The minimum absolute atomic E-state index is 0. The Morgan fingerprint density at radius 1 is 0.167 bits per heavy atom. The van der Waals surface area contributed by atoms with Crippen molar-refractivity contribution in [3.8, 4) is 0 Å². The van der Waals surface area contributed by atoms with Gasteiger partial charge in [0, 0.05) is 250 Å². The van der Waals surface area contributed by atoms with Gasteiger partial charge in [-0.1, -0.05) is 0 Å². The van der Waals surface area contributed by atoms with Crippen LogP contribution in [-0.4, -0.2) is 0 Å². The van der Waals surface area contributed by atoms with Crippen LogP contribution in [0.25, 0.3) is 0 Å². The van der Waals surface area contributed by atoms with Crippen LogP contribution < -0.4 is 0 Å². The summed E-state index contributed by atoms with van der Waals surface area (Å²) < 4.78 is 0. The average Bonchev–Trinajstić information content (AvgIpc) is 0. The van der Waals surface area contributed by atoms with Gasteiger partial charge >= 0.3 is 0 Å². The van der Waals surface area contributed by atoms with Crippen LogP contribution in [0.5, 0.6) is 0 Å². The molecule has 0 bridgehead atoms. The average molecular weight is 841 g/mol. The van der Waals surface area contributed by atoms with Crippen molar-refractivity contribution in [2.45, 2.75) is 0 Å². The van der Waals surface area contributed by atoms with Gasteiger partial charge in [0.05, 0.1) is 0 Å². The van der Waals surface area contributed by atoms with Gasteiger partial charge in [-0.2, -0.15) is 0 Å². The molecule has 24 valence electrons. The third-order valence-corrected chi connectivity index (χ3v) is 0. The van der Waals surface area contributed by atoms with Crippen molar-refractivity contribution in [2.75, 3.05) is 0 Å². The zero-order valence-corrected chi connectivity index (χ0v) is 21.8. The maximum Gasteiger partial charge on any atom is 0 e. The fraction of sp³-hybridized carbons (Fsp3) is 0. The quantitative estimate of drug-likeness (QED) is 0.323. The molecule has 0 aromatic heterocycles. The molecule has 0 aromatic carbocycles. The zero-order valence-electron chi connectivity index (χ0n) is 3.00. The van der Waals surface area contributed by atoms with Crippen molar-refractivity contribution >= 4 is 0 Å². The van der Waals surface area contributed by atoms with E-state index in [0.29, 0.717) is 0 Å². The Labute approximate surface area is 241 Å². The molecule has 0 saturated carbocycles. The number of hydrogen-bond acceptors (Lipinski definition) is 0. The minimum atomic E-state index is 0. The molecule has 0 aromatic rings. The van der Waals surface area contributed by atoms with Crippen LogP contribution in [-0.2, 0) is 0 Å². The SMILES string of the molecule is [Ce].[Ce].[Ce].[Ce].[Ce].[Ce]. The van der Waals surface area contributed by atoms with Gasteiger partial charge in [-0.05, 0) is 0 Å². The molecule has 0 unspecified atom stereocenters. The van der Waals surface area contributed by atoms with Crippen LogP contribution in [0, 0.1) is 250 Å². The largest absolute Gasteiger partial charge is 0 e. The molecule has 0 spiro atoms. The predicted molar refractivity (Wildman–Crippen MR) is 0 cm³/mol. The summed E-state index contributed by atoms with van der Waals surface area (Å²) in [5, 5.41) is 0. The molecule has 0 rings (SSSR count). The summed E-state index contributed by atoms with van der Waals surface area (Å²) in [7, 11) is 0. The molecule has 0 aliphatic heterocycles. The molecule has 0 atom stereocenters. The molecule has 0 saturated heterocycles. The van der Waals surface area contributed by atoms with E-state index in [1.165, 1.54) is 0 Å². The maximum atomic E-state index is 0. The van der Waals surface area contributed by atoms with Crippen LogP contribution in [0.2, 0.25) is 0 Å². The molecule has 0 nitrogen and oxygen atoms in total. The fourth-order valence-electron chi connectivity index (χ4n) is 0. The van der Waals surface area contributed by atoms with Crippen molar-refractivity contribution in [1.82, 2.24) is 0 Å². The van der Waals surface area contributed by atoms with Gasteiger partial charge < -0.3 is 0 Å². The van der Waals surface area contributed by atoms with Crippen molar-refractivity contribution < 1.29 is 250 Å². The van der Waals surface area contributed by atoms with E-state index in [1.807, 2.05) is 0 Å². The molecule has 6 heteroatoms. The molecule has 0 aliphatic carbocycles. The van der Waals surface area contributed by atoms with E-state index in [1.54, 1.807) is 0 Å². The van der Waals surface area contributed by atoms with Crippen LogP contribution in [0.3, 0.4) is 0 Å². The summed E-state index contributed by atoms with van der Waals surface area (Å²) >= 11 is 0. The second-order valence-corrected chi connectivity index (χ2v) is 0. The van der Waals surface area contributed by atoms with Crippen molar-refractivity contribution in [3.63, 3.8) is 0 Å². The maximum absolute atomic E-state index is 0. The third kappa shape index (κ3) is 22.8. The van der Waals surface area contributed by atoms with Crippen LogP contribution in [0.1, 0.15) is 0 Å². The normalized spacial score (nSPS) is 0. The van der Waals surface area contributed by atoms with Gasteiger partial charge in [-0.3, -0.25) is 0 Å². The summed E-state index contributed by atoms with van der Waals surface area (Å²) in [5.74, 6) is 0. The van der Waals surface area contributed by atoms with Gasteiger partial charge in [0.25, 0.3) is 0 Å². The summed E-state index contributed by atoms with van der Waals surface area (Å²) in [6.07, 6.45) is 0. The molecule has 0 fully saturated rings. The smallest absolute Gasteiger partial charge is 0 e. The molecular formula is Ce6. The molecule has 0 aliphatic rings. The van der Waals surface area contributed by atoms with Crippen molar-refractivity contribution in [2.24, 2.45) is 0 Å². The topological polar surface area (TPSA) is 0 Å². The van der Waals surface area contributed by atoms with E-state index >= 15 is 0 Å². The Bertz CT molecular complexity index is 0. The van der Waals surface area contributed by atoms with E-state index in [0.717, 1.165) is 0 Å². The summed E-state index contributed by atoms with van der Waals surface area (Å²) in [4.78, 5) is 0. The fourth-order valence-corrected chi connectivity index (χ4v) is 0. The number of rotatable bonds is 0. The Hall–Kier alpha value is 8.26. The second-order valence-electron chi connectivity index (χ2n) is 0. The van der Waals surface area contributed by atoms with E-state index in [-0.39, 0.29) is 250 Å². The molecule has 6 heavy (non-hydrogen) atoms. The Balaban J connectivity index is 0. The molecule has 0 amide bonds. The van der Waals surface area contributed by atoms with Crippen LogP contribution in [0.4, 0.5) is 0 Å². The first-order chi connectivity index (χ1) is 0. The zero-order chi connectivity index (χ0) is 0. The molecular weight excluding hydrogens is 841 g/mol. The monoisotopic (exact) mass is 839 g/mol. The minimum Gasteiger partial charge on any atom is 0 e. The van der Waals surface area contributed by atoms with E-state index in [2.05, 4.69) is 0 Å².